The minimum absolute atomic E-state index is 0.382. The number of carbonyl (C=O) groups is 1. The van der Waals surface area contributed by atoms with E-state index >= 15 is 0 Å². The Balaban J connectivity index is 3.32. The van der Waals surface area contributed by atoms with Crippen LogP contribution < -0.4 is 0 Å². The Bertz CT molecular complexity index is 329. The van der Waals surface area contributed by atoms with Crippen LogP contribution in [-0.4, -0.2) is 20.9 Å². The monoisotopic (exact) mass is 182 g/mol. The molecule has 0 amide bonds. The predicted octanol–water partition coefficient (Wildman–Crippen LogP) is 1.24. The largest absolute Gasteiger partial charge is 0.478 e. The fourth-order valence-corrected chi connectivity index (χ4v) is 1.52. The summed E-state index contributed by atoms with van der Waals surface area (Å²) in [6.45, 7) is 3.84. The second kappa shape index (κ2) is 3.60. The van der Waals surface area contributed by atoms with Gasteiger partial charge in [0.25, 0.3) is 0 Å². The third-order valence-electron chi connectivity index (χ3n) is 2.12. The lowest BCUT2D eigenvalue weighted by Crippen LogP contribution is -2.04. The molecule has 0 fully saturated rings. The third kappa shape index (κ3) is 1.56. The third-order valence-corrected chi connectivity index (χ3v) is 2.12. The van der Waals surface area contributed by atoms with E-state index < -0.39 is 5.97 Å². The predicted molar refractivity (Wildman–Crippen MR) is 48.9 cm³/mol. The number of carboxylic acid groups (broad SMARTS) is 1. The molecule has 4 nitrogen and oxygen atoms in total. The molecule has 72 valence electrons. The normalized spacial score (nSPS) is 10.4. The highest BCUT2D eigenvalue weighted by molar-refractivity contribution is 5.90. The molecule has 1 heterocycles. The van der Waals surface area contributed by atoms with Crippen molar-refractivity contribution in [2.75, 3.05) is 0 Å². The highest BCUT2D eigenvalue weighted by atomic mass is 16.4. The first-order chi connectivity index (χ1) is 6.11. The van der Waals surface area contributed by atoms with Gasteiger partial charge in [-0.05, 0) is 12.8 Å². The highest BCUT2D eigenvalue weighted by Gasteiger charge is 2.19. The molecule has 0 aliphatic rings. The number of hydrogen-bond acceptors (Lipinski definition) is 2. The van der Waals surface area contributed by atoms with Gasteiger partial charge in [0, 0.05) is 7.05 Å². The number of hydrogen-bond donors (Lipinski definition) is 1. The molecule has 0 aliphatic heterocycles. The van der Waals surface area contributed by atoms with Crippen molar-refractivity contribution in [2.45, 2.75) is 26.7 Å². The summed E-state index contributed by atoms with van der Waals surface area (Å²) in [5.41, 5.74) is 1.85. The van der Waals surface area contributed by atoms with E-state index in [1.165, 1.54) is 0 Å². The van der Waals surface area contributed by atoms with E-state index in [-0.39, 0.29) is 0 Å². The van der Waals surface area contributed by atoms with Crippen LogP contribution in [0.1, 0.15) is 35.6 Å². The van der Waals surface area contributed by atoms with Gasteiger partial charge in [0.1, 0.15) is 5.56 Å². The molecule has 1 aromatic rings. The Kier molecular flexibility index (Phi) is 2.70. The lowest BCUT2D eigenvalue weighted by Gasteiger charge is -1.98. The average molecular weight is 182 g/mol. The number of rotatable bonds is 3. The molecule has 1 rings (SSSR count). The van der Waals surface area contributed by atoms with E-state index in [2.05, 4.69) is 5.10 Å². The summed E-state index contributed by atoms with van der Waals surface area (Å²) < 4.78 is 1.66. The summed E-state index contributed by atoms with van der Waals surface area (Å²) >= 11 is 0. The Morgan fingerprint density at radius 2 is 2.08 bits per heavy atom. The van der Waals surface area contributed by atoms with Crippen molar-refractivity contribution in [2.24, 2.45) is 7.05 Å². The van der Waals surface area contributed by atoms with Crippen molar-refractivity contribution in [3.05, 3.63) is 17.0 Å². The minimum atomic E-state index is -0.873. The van der Waals surface area contributed by atoms with Gasteiger partial charge >= 0.3 is 5.97 Å². The van der Waals surface area contributed by atoms with Crippen molar-refractivity contribution in [1.29, 1.82) is 0 Å². The van der Waals surface area contributed by atoms with E-state index in [1.54, 1.807) is 11.7 Å². The van der Waals surface area contributed by atoms with Crippen molar-refractivity contribution in [3.8, 4) is 0 Å². The van der Waals surface area contributed by atoms with Crippen LogP contribution in [0.25, 0.3) is 0 Å². The van der Waals surface area contributed by atoms with Crippen LogP contribution >= 0.6 is 0 Å². The van der Waals surface area contributed by atoms with Crippen LogP contribution in [0.5, 0.6) is 0 Å². The van der Waals surface area contributed by atoms with Gasteiger partial charge in [-0.2, -0.15) is 5.10 Å². The number of aromatic carboxylic acids is 1. The zero-order valence-corrected chi connectivity index (χ0v) is 8.16. The molecule has 0 radical (unpaired) electrons. The lowest BCUT2D eigenvalue weighted by molar-refractivity contribution is 0.0694. The van der Waals surface area contributed by atoms with Crippen LogP contribution in [0.3, 0.4) is 0 Å². The van der Waals surface area contributed by atoms with Gasteiger partial charge in [-0.15, -0.1) is 0 Å². The average Bonchev–Trinajstić information content (AvgIpc) is 2.41. The molecule has 1 aromatic heterocycles. The summed E-state index contributed by atoms with van der Waals surface area (Å²) in [4.78, 5) is 10.9. The summed E-state index contributed by atoms with van der Waals surface area (Å²) in [6.07, 6.45) is 1.36. The zero-order valence-electron chi connectivity index (χ0n) is 8.16. The Labute approximate surface area is 77.2 Å². The number of nitrogens with zero attached hydrogens (tertiary/aromatic N) is 2. The van der Waals surface area contributed by atoms with Crippen molar-refractivity contribution in [3.63, 3.8) is 0 Å². The maximum absolute atomic E-state index is 10.9. The number of aromatic nitrogens is 2. The van der Waals surface area contributed by atoms with Gasteiger partial charge in [0.15, 0.2) is 0 Å². The van der Waals surface area contributed by atoms with Crippen molar-refractivity contribution >= 4 is 5.97 Å². The lowest BCUT2D eigenvalue weighted by atomic mass is 10.1. The number of carboxylic acids is 1. The summed E-state index contributed by atoms with van der Waals surface area (Å²) in [6, 6.07) is 0. The van der Waals surface area contributed by atoms with Crippen LogP contribution in [0.2, 0.25) is 0 Å². The van der Waals surface area contributed by atoms with E-state index in [9.17, 15) is 4.79 Å². The molecule has 0 saturated carbocycles. The Hall–Kier alpha value is -1.32. The van der Waals surface area contributed by atoms with E-state index in [1.807, 2.05) is 13.8 Å². The van der Waals surface area contributed by atoms with E-state index in [0.29, 0.717) is 24.1 Å². The van der Waals surface area contributed by atoms with Crippen LogP contribution in [0.4, 0.5) is 0 Å². The molecular weight excluding hydrogens is 168 g/mol. The smallest absolute Gasteiger partial charge is 0.339 e. The van der Waals surface area contributed by atoms with Crippen LogP contribution in [0.15, 0.2) is 0 Å². The summed E-state index contributed by atoms with van der Waals surface area (Å²) in [5.74, 6) is -0.873. The van der Waals surface area contributed by atoms with Crippen LogP contribution in [-0.2, 0) is 19.9 Å². The van der Waals surface area contributed by atoms with Gasteiger partial charge in [-0.3, -0.25) is 4.68 Å². The zero-order chi connectivity index (χ0) is 10.0. The molecule has 0 unspecified atom stereocenters. The SMILES string of the molecule is CCc1nn(C)c(CC)c1C(=O)O. The van der Waals surface area contributed by atoms with Crippen LogP contribution in [0, 0.1) is 0 Å². The maximum Gasteiger partial charge on any atom is 0.339 e. The van der Waals surface area contributed by atoms with Gasteiger partial charge in [-0.25, -0.2) is 4.79 Å². The second-order valence-corrected chi connectivity index (χ2v) is 2.90. The van der Waals surface area contributed by atoms with E-state index in [0.717, 1.165) is 5.69 Å². The molecule has 1 N–H and O–H groups in total. The first-order valence-electron chi connectivity index (χ1n) is 4.39. The Morgan fingerprint density at radius 1 is 1.46 bits per heavy atom. The summed E-state index contributed by atoms with van der Waals surface area (Å²) in [7, 11) is 1.78. The van der Waals surface area contributed by atoms with Gasteiger partial charge in [-0.1, -0.05) is 13.8 Å². The fraction of sp³-hybridized carbons (Fsp3) is 0.556. The van der Waals surface area contributed by atoms with Gasteiger partial charge < -0.3 is 5.11 Å². The molecule has 4 heteroatoms. The Morgan fingerprint density at radius 3 is 2.46 bits per heavy atom. The standard InChI is InChI=1S/C9H14N2O2/c1-4-6-8(9(12)13)7(5-2)11(3)10-6/h4-5H2,1-3H3,(H,12,13). The summed E-state index contributed by atoms with van der Waals surface area (Å²) in [5, 5.41) is 13.1. The van der Waals surface area contributed by atoms with Crippen molar-refractivity contribution < 1.29 is 9.90 Å². The second-order valence-electron chi connectivity index (χ2n) is 2.90. The minimum Gasteiger partial charge on any atom is -0.478 e. The molecule has 0 aromatic carbocycles. The van der Waals surface area contributed by atoms with Gasteiger partial charge in [0.05, 0.1) is 11.4 Å². The van der Waals surface area contributed by atoms with Gasteiger partial charge in [0.2, 0.25) is 0 Å². The first kappa shape index (κ1) is 9.77. The molecule has 0 atom stereocenters. The molecule has 0 saturated heterocycles. The van der Waals surface area contributed by atoms with Crippen molar-refractivity contribution in [1.82, 2.24) is 9.78 Å². The topological polar surface area (TPSA) is 55.1 Å². The highest BCUT2D eigenvalue weighted by Crippen LogP contribution is 2.14. The maximum atomic E-state index is 10.9. The molecule has 13 heavy (non-hydrogen) atoms. The van der Waals surface area contributed by atoms with E-state index in [4.69, 9.17) is 5.11 Å². The molecule has 0 spiro atoms. The fourth-order valence-electron chi connectivity index (χ4n) is 1.52. The first-order valence-corrected chi connectivity index (χ1v) is 4.39. The molecular formula is C9H14N2O2. The number of aryl methyl sites for hydroxylation is 2. The quantitative estimate of drug-likeness (QED) is 0.765. The molecule has 0 bridgehead atoms. The molecule has 0 aliphatic carbocycles.